The molecule has 0 unspecified atom stereocenters. The summed E-state index contributed by atoms with van der Waals surface area (Å²) in [4.78, 5) is 26.2. The standard InChI is InChI=1S/C10H13NO2.C6H9N3O3/c1-11(2)7-8-4-3-5-9(6-8)10(12)13;1-5-7-4-6(9(11)12)8(5)2-3-10/h3-6H,7H2,1-2H3,(H,12,13);4,10H,2-3H2,1H3. The van der Waals surface area contributed by atoms with Crippen LogP contribution in [-0.2, 0) is 13.1 Å². The van der Waals surface area contributed by atoms with Crippen molar-refractivity contribution in [2.75, 3.05) is 20.7 Å². The number of carbonyl (C=O) groups is 1. The number of nitro groups is 1. The molecule has 1 aromatic carbocycles. The molecule has 0 aliphatic rings. The van der Waals surface area contributed by atoms with E-state index in [9.17, 15) is 14.9 Å². The van der Waals surface area contributed by atoms with E-state index in [0.29, 0.717) is 11.4 Å². The summed E-state index contributed by atoms with van der Waals surface area (Å²) in [5.41, 5.74) is 1.37. The van der Waals surface area contributed by atoms with E-state index in [4.69, 9.17) is 10.2 Å². The summed E-state index contributed by atoms with van der Waals surface area (Å²) in [6.07, 6.45) is 1.19. The van der Waals surface area contributed by atoms with E-state index in [-0.39, 0.29) is 19.0 Å². The quantitative estimate of drug-likeness (QED) is 0.598. The van der Waals surface area contributed by atoms with E-state index in [1.54, 1.807) is 25.1 Å². The molecule has 1 heterocycles. The van der Waals surface area contributed by atoms with Gasteiger partial charge >= 0.3 is 11.8 Å². The van der Waals surface area contributed by atoms with Crippen molar-refractivity contribution in [2.24, 2.45) is 0 Å². The van der Waals surface area contributed by atoms with Crippen LogP contribution in [0.3, 0.4) is 0 Å². The molecule has 25 heavy (non-hydrogen) atoms. The number of carboxylic acids is 1. The maximum absolute atomic E-state index is 10.6. The largest absolute Gasteiger partial charge is 0.478 e. The molecule has 0 saturated heterocycles. The average molecular weight is 350 g/mol. The first-order valence-electron chi connectivity index (χ1n) is 7.50. The highest BCUT2D eigenvalue weighted by Gasteiger charge is 2.15. The number of aromatic carboxylic acids is 1. The third kappa shape index (κ3) is 6.32. The van der Waals surface area contributed by atoms with Crippen LogP contribution in [0.2, 0.25) is 0 Å². The van der Waals surface area contributed by atoms with E-state index in [1.807, 2.05) is 25.1 Å². The molecule has 0 radical (unpaired) electrons. The molecule has 0 spiro atoms. The van der Waals surface area contributed by atoms with E-state index in [2.05, 4.69) is 4.98 Å². The lowest BCUT2D eigenvalue weighted by Crippen LogP contribution is -2.11. The van der Waals surface area contributed by atoms with Gasteiger partial charge in [0.15, 0.2) is 5.82 Å². The van der Waals surface area contributed by atoms with Gasteiger partial charge in [-0.2, -0.15) is 0 Å². The Morgan fingerprint density at radius 2 is 2.08 bits per heavy atom. The predicted octanol–water partition coefficient (Wildman–Crippen LogP) is 1.54. The number of aryl methyl sites for hydroxylation is 1. The third-order valence-electron chi connectivity index (χ3n) is 3.22. The summed E-state index contributed by atoms with van der Waals surface area (Å²) in [6.45, 7) is 2.50. The van der Waals surface area contributed by atoms with Crippen molar-refractivity contribution in [3.8, 4) is 0 Å². The van der Waals surface area contributed by atoms with Gasteiger partial charge in [-0.1, -0.05) is 12.1 Å². The Labute approximate surface area is 145 Å². The number of hydrogen-bond donors (Lipinski definition) is 2. The van der Waals surface area contributed by atoms with Gasteiger partial charge in [0.1, 0.15) is 12.7 Å². The molecule has 0 saturated carbocycles. The number of imidazole rings is 1. The van der Waals surface area contributed by atoms with Crippen LogP contribution >= 0.6 is 0 Å². The number of hydrogen-bond acceptors (Lipinski definition) is 6. The number of carboxylic acid groups (broad SMARTS) is 1. The zero-order valence-electron chi connectivity index (χ0n) is 14.4. The fraction of sp³-hybridized carbons (Fsp3) is 0.375. The van der Waals surface area contributed by atoms with Crippen LogP contribution < -0.4 is 0 Å². The zero-order valence-corrected chi connectivity index (χ0v) is 14.4. The fourth-order valence-corrected chi connectivity index (χ4v) is 2.15. The van der Waals surface area contributed by atoms with Gasteiger partial charge in [0.05, 0.1) is 12.2 Å². The van der Waals surface area contributed by atoms with Crippen molar-refractivity contribution >= 4 is 11.8 Å². The van der Waals surface area contributed by atoms with Gasteiger partial charge in [-0.3, -0.25) is 0 Å². The molecule has 0 aliphatic heterocycles. The molecule has 2 rings (SSSR count). The summed E-state index contributed by atoms with van der Waals surface area (Å²) in [5.74, 6) is -0.419. The third-order valence-corrected chi connectivity index (χ3v) is 3.22. The molecule has 2 aromatic rings. The first-order chi connectivity index (χ1) is 11.8. The molecule has 0 atom stereocenters. The van der Waals surface area contributed by atoms with E-state index < -0.39 is 10.9 Å². The normalized spacial score (nSPS) is 10.3. The van der Waals surface area contributed by atoms with Crippen LogP contribution in [-0.4, -0.2) is 56.3 Å². The number of rotatable bonds is 6. The van der Waals surface area contributed by atoms with E-state index in [1.165, 1.54) is 10.8 Å². The topological polar surface area (TPSA) is 122 Å². The molecular formula is C16H22N4O5. The van der Waals surface area contributed by atoms with Gasteiger partial charge in [-0.15, -0.1) is 0 Å². The minimum absolute atomic E-state index is 0.0819. The second kappa shape index (κ2) is 9.50. The second-order valence-electron chi connectivity index (χ2n) is 5.54. The Bertz CT molecular complexity index is 727. The molecule has 9 nitrogen and oxygen atoms in total. The van der Waals surface area contributed by atoms with Crippen LogP contribution in [0, 0.1) is 17.0 Å². The van der Waals surface area contributed by atoms with Crippen LogP contribution in [0.1, 0.15) is 21.7 Å². The molecule has 0 bridgehead atoms. The fourth-order valence-electron chi connectivity index (χ4n) is 2.15. The van der Waals surface area contributed by atoms with Crippen molar-refractivity contribution in [1.29, 1.82) is 0 Å². The van der Waals surface area contributed by atoms with Gasteiger partial charge < -0.3 is 25.2 Å². The molecule has 9 heteroatoms. The Balaban J connectivity index is 0.000000251. The van der Waals surface area contributed by atoms with Gasteiger partial charge in [-0.25, -0.2) is 14.3 Å². The number of aliphatic hydroxyl groups is 1. The average Bonchev–Trinajstić information content (AvgIpc) is 2.89. The summed E-state index contributed by atoms with van der Waals surface area (Å²) in [7, 11) is 3.90. The van der Waals surface area contributed by atoms with Gasteiger partial charge in [-0.05, 0) is 36.7 Å². The predicted molar refractivity (Wildman–Crippen MR) is 91.5 cm³/mol. The van der Waals surface area contributed by atoms with Crippen LogP contribution in [0.4, 0.5) is 5.82 Å². The lowest BCUT2D eigenvalue weighted by atomic mass is 10.1. The number of nitrogens with zero attached hydrogens (tertiary/aromatic N) is 4. The number of aromatic nitrogens is 2. The minimum Gasteiger partial charge on any atom is -0.478 e. The molecule has 1 aromatic heterocycles. The smallest absolute Gasteiger partial charge is 0.342 e. The molecule has 136 valence electrons. The summed E-state index contributed by atoms with van der Waals surface area (Å²) in [5, 5.41) is 27.7. The van der Waals surface area contributed by atoms with E-state index in [0.717, 1.165) is 12.1 Å². The SMILES string of the molecule is CN(C)Cc1cccc(C(=O)O)c1.Cc1ncc([N+](=O)[O-])n1CCO. The van der Waals surface area contributed by atoms with Crippen molar-refractivity contribution < 1.29 is 19.9 Å². The highest BCUT2D eigenvalue weighted by molar-refractivity contribution is 5.87. The maximum Gasteiger partial charge on any atom is 0.342 e. The molecule has 2 N–H and O–H groups in total. The van der Waals surface area contributed by atoms with Crippen molar-refractivity contribution in [3.05, 3.63) is 57.5 Å². The van der Waals surface area contributed by atoms with Crippen LogP contribution in [0.25, 0.3) is 0 Å². The van der Waals surface area contributed by atoms with Crippen LogP contribution in [0.5, 0.6) is 0 Å². The molecular weight excluding hydrogens is 328 g/mol. The summed E-state index contributed by atoms with van der Waals surface area (Å²) >= 11 is 0. The Morgan fingerprint density at radius 3 is 2.60 bits per heavy atom. The lowest BCUT2D eigenvalue weighted by molar-refractivity contribution is -0.392. The second-order valence-corrected chi connectivity index (χ2v) is 5.54. The van der Waals surface area contributed by atoms with Crippen molar-refractivity contribution in [2.45, 2.75) is 20.0 Å². The van der Waals surface area contributed by atoms with Gasteiger partial charge in [0.2, 0.25) is 0 Å². The highest BCUT2D eigenvalue weighted by Crippen LogP contribution is 2.12. The monoisotopic (exact) mass is 350 g/mol. The Hall–Kier alpha value is -2.78. The number of benzene rings is 1. The van der Waals surface area contributed by atoms with Crippen LogP contribution in [0.15, 0.2) is 30.5 Å². The maximum atomic E-state index is 10.6. The summed E-state index contributed by atoms with van der Waals surface area (Å²) in [6, 6.07) is 6.98. The molecule has 0 aliphatic carbocycles. The van der Waals surface area contributed by atoms with Crippen molar-refractivity contribution in [1.82, 2.24) is 14.5 Å². The van der Waals surface area contributed by atoms with Crippen molar-refractivity contribution in [3.63, 3.8) is 0 Å². The lowest BCUT2D eigenvalue weighted by Gasteiger charge is -2.09. The summed E-state index contributed by atoms with van der Waals surface area (Å²) < 4.78 is 1.36. The highest BCUT2D eigenvalue weighted by atomic mass is 16.6. The molecule has 0 amide bonds. The minimum atomic E-state index is -0.874. The van der Waals surface area contributed by atoms with E-state index >= 15 is 0 Å². The van der Waals surface area contributed by atoms with Gasteiger partial charge in [0, 0.05) is 13.5 Å². The first kappa shape index (κ1) is 20.3. The number of aliphatic hydroxyl groups excluding tert-OH is 1. The zero-order chi connectivity index (χ0) is 19.0. The van der Waals surface area contributed by atoms with Gasteiger partial charge in [0.25, 0.3) is 0 Å². The molecule has 0 fully saturated rings. The Morgan fingerprint density at radius 1 is 1.40 bits per heavy atom. The Kier molecular flexibility index (Phi) is 7.70. The first-order valence-corrected chi connectivity index (χ1v) is 7.50.